The Morgan fingerprint density at radius 1 is 1.44 bits per heavy atom. The third-order valence-corrected chi connectivity index (χ3v) is 3.02. The summed E-state index contributed by atoms with van der Waals surface area (Å²) in [5.41, 5.74) is 5.61. The van der Waals surface area contributed by atoms with Crippen LogP contribution in [-0.4, -0.2) is 43.5 Å². The Bertz CT molecular complexity index is 211. The van der Waals surface area contributed by atoms with Gasteiger partial charge in [-0.3, -0.25) is 9.64 Å². The number of hydrogen-bond acceptors (Lipinski definition) is 3. The molecule has 0 spiro atoms. The average Bonchev–Trinajstić information content (AvgIpc) is 2.18. The van der Waals surface area contributed by atoms with Crippen molar-refractivity contribution in [2.24, 2.45) is 11.7 Å². The third-order valence-electron chi connectivity index (χ3n) is 3.02. The zero-order valence-electron chi connectivity index (χ0n) is 9.46. The van der Waals surface area contributed by atoms with Crippen LogP contribution in [0.25, 0.3) is 0 Å². The van der Waals surface area contributed by atoms with Gasteiger partial charge in [-0.1, -0.05) is 6.92 Å². The topological polar surface area (TPSA) is 38.5 Å². The van der Waals surface area contributed by atoms with Gasteiger partial charge in [0, 0.05) is 19.1 Å². The zero-order chi connectivity index (χ0) is 12.2. The Kier molecular flexibility index (Phi) is 5.01. The van der Waals surface area contributed by atoms with E-state index in [4.69, 9.17) is 5.73 Å². The number of nitrogens with zero attached hydrogens (tertiary/aromatic N) is 1. The molecule has 1 aliphatic heterocycles. The minimum Gasteiger partial charge on any atom is -0.329 e. The number of piperidine rings is 1. The van der Waals surface area contributed by atoms with Crippen molar-refractivity contribution >= 4 is 0 Å². The quantitative estimate of drug-likeness (QED) is 0.811. The lowest BCUT2D eigenvalue weighted by atomic mass is 9.92. The number of halogens is 3. The van der Waals surface area contributed by atoms with Gasteiger partial charge in [0.2, 0.25) is 0 Å². The molecular formula is C10H19F3N2O. The second kappa shape index (κ2) is 5.84. The van der Waals surface area contributed by atoms with Gasteiger partial charge < -0.3 is 5.73 Å². The van der Waals surface area contributed by atoms with E-state index in [-0.39, 0.29) is 12.6 Å². The fraction of sp³-hybridized carbons (Fsp3) is 1.00. The SMILES string of the molecule is CC1CCN(CCOC(F)(F)F)C(CN)C1. The summed E-state index contributed by atoms with van der Waals surface area (Å²) in [6, 6.07) is 0.195. The van der Waals surface area contributed by atoms with Crippen molar-refractivity contribution in [3.63, 3.8) is 0 Å². The number of hydrogen-bond donors (Lipinski definition) is 1. The van der Waals surface area contributed by atoms with Gasteiger partial charge in [-0.25, -0.2) is 0 Å². The lowest BCUT2D eigenvalue weighted by molar-refractivity contribution is -0.325. The van der Waals surface area contributed by atoms with E-state index in [1.54, 1.807) is 0 Å². The first-order chi connectivity index (χ1) is 7.42. The highest BCUT2D eigenvalue weighted by Gasteiger charge is 2.30. The molecule has 0 aliphatic carbocycles. The van der Waals surface area contributed by atoms with E-state index >= 15 is 0 Å². The standard InChI is InChI=1S/C10H19F3N2O/c1-8-2-3-15(9(6-8)7-14)4-5-16-10(11,12)13/h8-9H,2-7,14H2,1H3. The molecule has 1 heterocycles. The molecule has 0 aromatic heterocycles. The van der Waals surface area contributed by atoms with Crippen LogP contribution in [0.1, 0.15) is 19.8 Å². The van der Waals surface area contributed by atoms with Crippen LogP contribution in [-0.2, 0) is 4.74 Å². The van der Waals surface area contributed by atoms with Gasteiger partial charge >= 0.3 is 6.36 Å². The second-order valence-electron chi connectivity index (χ2n) is 4.35. The van der Waals surface area contributed by atoms with E-state index in [1.165, 1.54) is 0 Å². The molecule has 0 bridgehead atoms. The Morgan fingerprint density at radius 3 is 2.69 bits per heavy atom. The first-order valence-corrected chi connectivity index (χ1v) is 5.57. The van der Waals surface area contributed by atoms with Crippen LogP contribution < -0.4 is 5.73 Å². The highest BCUT2D eigenvalue weighted by molar-refractivity contribution is 4.80. The van der Waals surface area contributed by atoms with Crippen molar-refractivity contribution in [2.75, 3.05) is 26.2 Å². The number of nitrogens with two attached hydrogens (primary N) is 1. The first kappa shape index (κ1) is 13.7. The molecule has 0 aromatic carbocycles. The second-order valence-corrected chi connectivity index (χ2v) is 4.35. The van der Waals surface area contributed by atoms with E-state index in [0.29, 0.717) is 19.0 Å². The van der Waals surface area contributed by atoms with Crippen LogP contribution in [0, 0.1) is 5.92 Å². The van der Waals surface area contributed by atoms with Crippen molar-refractivity contribution in [1.29, 1.82) is 0 Å². The molecule has 96 valence electrons. The molecular weight excluding hydrogens is 221 g/mol. The molecule has 0 amide bonds. The Hall–Kier alpha value is -0.330. The van der Waals surface area contributed by atoms with E-state index < -0.39 is 6.36 Å². The smallest absolute Gasteiger partial charge is 0.329 e. The Morgan fingerprint density at radius 2 is 2.12 bits per heavy atom. The van der Waals surface area contributed by atoms with E-state index in [9.17, 15) is 13.2 Å². The molecule has 0 aromatic rings. The van der Waals surface area contributed by atoms with Crippen LogP contribution in [0.5, 0.6) is 0 Å². The number of alkyl halides is 3. The lowest BCUT2D eigenvalue weighted by Gasteiger charge is -2.37. The van der Waals surface area contributed by atoms with Crippen LogP contribution in [0.15, 0.2) is 0 Å². The van der Waals surface area contributed by atoms with E-state index in [1.807, 2.05) is 4.90 Å². The van der Waals surface area contributed by atoms with Gasteiger partial charge in [0.15, 0.2) is 0 Å². The van der Waals surface area contributed by atoms with Gasteiger partial charge in [-0.2, -0.15) is 0 Å². The van der Waals surface area contributed by atoms with Crippen molar-refractivity contribution in [3.05, 3.63) is 0 Å². The summed E-state index contributed by atoms with van der Waals surface area (Å²) in [4.78, 5) is 1.99. The average molecular weight is 240 g/mol. The minimum atomic E-state index is -4.53. The number of ether oxygens (including phenoxy) is 1. The Balaban J connectivity index is 2.29. The maximum absolute atomic E-state index is 11.8. The summed E-state index contributed by atoms with van der Waals surface area (Å²) in [6.07, 6.45) is -2.55. The van der Waals surface area contributed by atoms with Crippen molar-refractivity contribution < 1.29 is 17.9 Å². The summed E-state index contributed by atoms with van der Waals surface area (Å²) in [5.74, 6) is 0.605. The monoisotopic (exact) mass is 240 g/mol. The van der Waals surface area contributed by atoms with Gasteiger partial charge in [0.25, 0.3) is 0 Å². The molecule has 0 saturated carbocycles. The first-order valence-electron chi connectivity index (χ1n) is 5.57. The summed E-state index contributed by atoms with van der Waals surface area (Å²) in [5, 5.41) is 0. The van der Waals surface area contributed by atoms with Crippen LogP contribution in [0.3, 0.4) is 0 Å². The van der Waals surface area contributed by atoms with E-state index in [2.05, 4.69) is 11.7 Å². The zero-order valence-corrected chi connectivity index (χ0v) is 9.46. The highest BCUT2D eigenvalue weighted by atomic mass is 19.4. The molecule has 1 rings (SSSR count). The normalized spacial score (nSPS) is 28.3. The fourth-order valence-corrected chi connectivity index (χ4v) is 2.12. The van der Waals surface area contributed by atoms with Gasteiger partial charge in [0.05, 0.1) is 6.61 Å². The number of rotatable bonds is 4. The molecule has 3 nitrogen and oxygen atoms in total. The third kappa shape index (κ3) is 4.67. The summed E-state index contributed by atoms with van der Waals surface area (Å²) < 4.78 is 39.1. The van der Waals surface area contributed by atoms with Crippen molar-refractivity contribution in [1.82, 2.24) is 4.90 Å². The van der Waals surface area contributed by atoms with Crippen LogP contribution >= 0.6 is 0 Å². The maximum atomic E-state index is 11.8. The molecule has 1 saturated heterocycles. The van der Waals surface area contributed by atoms with E-state index in [0.717, 1.165) is 19.4 Å². The van der Waals surface area contributed by atoms with Crippen molar-refractivity contribution in [2.45, 2.75) is 32.2 Å². The Labute approximate surface area is 93.7 Å². The predicted octanol–water partition coefficient (Wildman–Crippen LogP) is 1.58. The molecule has 2 unspecified atom stereocenters. The molecule has 6 heteroatoms. The van der Waals surface area contributed by atoms with Gasteiger partial charge in [-0.05, 0) is 25.3 Å². The predicted molar refractivity (Wildman–Crippen MR) is 54.8 cm³/mol. The molecule has 1 aliphatic rings. The lowest BCUT2D eigenvalue weighted by Crippen LogP contribution is -2.47. The van der Waals surface area contributed by atoms with Crippen molar-refractivity contribution in [3.8, 4) is 0 Å². The van der Waals surface area contributed by atoms with Crippen LogP contribution in [0.4, 0.5) is 13.2 Å². The maximum Gasteiger partial charge on any atom is 0.522 e. The summed E-state index contributed by atoms with van der Waals surface area (Å²) >= 11 is 0. The largest absolute Gasteiger partial charge is 0.522 e. The number of likely N-dealkylation sites (tertiary alicyclic amines) is 1. The highest BCUT2D eigenvalue weighted by Crippen LogP contribution is 2.22. The molecule has 0 radical (unpaired) electrons. The minimum absolute atomic E-state index is 0.195. The van der Waals surface area contributed by atoms with Gasteiger partial charge in [0.1, 0.15) is 0 Å². The summed E-state index contributed by atoms with van der Waals surface area (Å²) in [7, 11) is 0. The molecule has 1 fully saturated rings. The summed E-state index contributed by atoms with van der Waals surface area (Å²) in [6.45, 7) is 3.44. The van der Waals surface area contributed by atoms with Crippen LogP contribution in [0.2, 0.25) is 0 Å². The molecule has 2 N–H and O–H groups in total. The molecule has 16 heavy (non-hydrogen) atoms. The van der Waals surface area contributed by atoms with Gasteiger partial charge in [-0.15, -0.1) is 13.2 Å². The molecule has 2 atom stereocenters. The fourth-order valence-electron chi connectivity index (χ4n) is 2.12.